The van der Waals surface area contributed by atoms with Crippen LogP contribution in [-0.2, 0) is 25.0 Å². The van der Waals surface area contributed by atoms with Crippen LogP contribution in [0.5, 0.6) is 0 Å². The summed E-state index contributed by atoms with van der Waals surface area (Å²) in [5.74, 6) is -1.31. The lowest BCUT2D eigenvalue weighted by molar-refractivity contribution is -0.137. The summed E-state index contributed by atoms with van der Waals surface area (Å²) in [4.78, 5) is 24.3. The Bertz CT molecular complexity index is 1080. The van der Waals surface area contributed by atoms with Crippen LogP contribution in [-0.4, -0.2) is 48.8 Å². The Morgan fingerprint density at radius 1 is 1.09 bits per heavy atom. The number of carboxylic acid groups (broad SMARTS) is 1. The molecule has 1 fully saturated rings. The zero-order chi connectivity index (χ0) is 23.5. The fourth-order valence-corrected chi connectivity index (χ4v) is 6.18. The SMILES string of the molecule is CC(CC(=O)O)NC(=O)C1(c2ccccc2)CCN(S(=O)(=O)c2cc(Cl)cc(Cl)c2)CC1. The summed E-state index contributed by atoms with van der Waals surface area (Å²) in [6.07, 6.45) is 0.291. The van der Waals surface area contributed by atoms with E-state index in [2.05, 4.69) is 5.32 Å². The number of hydrogen-bond acceptors (Lipinski definition) is 4. The molecule has 0 bridgehead atoms. The van der Waals surface area contributed by atoms with Crippen LogP contribution in [0.3, 0.4) is 0 Å². The first-order chi connectivity index (χ1) is 15.0. The summed E-state index contributed by atoms with van der Waals surface area (Å²) < 4.78 is 27.6. The predicted molar refractivity (Wildman–Crippen MR) is 122 cm³/mol. The molecule has 0 aliphatic carbocycles. The van der Waals surface area contributed by atoms with E-state index in [9.17, 15) is 18.0 Å². The number of nitrogens with one attached hydrogen (secondary N) is 1. The number of nitrogens with zero attached hydrogens (tertiary/aromatic N) is 1. The van der Waals surface area contributed by atoms with Crippen LogP contribution in [0.15, 0.2) is 53.4 Å². The van der Waals surface area contributed by atoms with Crippen molar-refractivity contribution in [2.45, 2.75) is 42.5 Å². The molecule has 32 heavy (non-hydrogen) atoms. The zero-order valence-electron chi connectivity index (χ0n) is 17.4. The summed E-state index contributed by atoms with van der Waals surface area (Å²) in [7, 11) is -3.85. The Morgan fingerprint density at radius 3 is 2.19 bits per heavy atom. The summed E-state index contributed by atoms with van der Waals surface area (Å²) in [5, 5.41) is 12.3. The quantitative estimate of drug-likeness (QED) is 0.605. The van der Waals surface area contributed by atoms with Gasteiger partial charge < -0.3 is 10.4 Å². The smallest absolute Gasteiger partial charge is 0.305 e. The molecule has 0 aromatic heterocycles. The summed E-state index contributed by atoms with van der Waals surface area (Å²) in [6, 6.07) is 12.8. The van der Waals surface area contributed by atoms with Gasteiger partial charge in [0.2, 0.25) is 15.9 Å². The zero-order valence-corrected chi connectivity index (χ0v) is 19.8. The molecule has 2 N–H and O–H groups in total. The van der Waals surface area contributed by atoms with E-state index in [0.29, 0.717) is 0 Å². The van der Waals surface area contributed by atoms with Crippen molar-refractivity contribution in [2.24, 2.45) is 0 Å². The van der Waals surface area contributed by atoms with E-state index in [4.69, 9.17) is 28.3 Å². The highest BCUT2D eigenvalue weighted by atomic mass is 35.5. The molecule has 10 heteroatoms. The van der Waals surface area contributed by atoms with E-state index in [1.54, 1.807) is 6.92 Å². The van der Waals surface area contributed by atoms with Crippen LogP contribution in [0.4, 0.5) is 0 Å². The molecule has 0 spiro atoms. The molecule has 172 valence electrons. The molecule has 7 nitrogen and oxygen atoms in total. The van der Waals surface area contributed by atoms with E-state index in [-0.39, 0.29) is 53.2 Å². The van der Waals surface area contributed by atoms with E-state index in [1.165, 1.54) is 22.5 Å². The summed E-state index contributed by atoms with van der Waals surface area (Å²) in [5.41, 5.74) is -0.200. The maximum absolute atomic E-state index is 13.3. The van der Waals surface area contributed by atoms with E-state index in [1.807, 2.05) is 30.3 Å². The monoisotopic (exact) mass is 498 g/mol. The molecular weight excluding hydrogens is 475 g/mol. The van der Waals surface area contributed by atoms with Crippen LogP contribution < -0.4 is 5.32 Å². The Balaban J connectivity index is 1.87. The van der Waals surface area contributed by atoms with Gasteiger partial charge in [0.25, 0.3) is 0 Å². The first-order valence-electron chi connectivity index (χ1n) is 10.1. The minimum absolute atomic E-state index is 0.00161. The summed E-state index contributed by atoms with van der Waals surface area (Å²) >= 11 is 12.0. The van der Waals surface area contributed by atoms with Gasteiger partial charge in [-0.25, -0.2) is 8.42 Å². The predicted octanol–water partition coefficient (Wildman–Crippen LogP) is 3.70. The van der Waals surface area contributed by atoms with Crippen molar-refractivity contribution < 1.29 is 23.1 Å². The lowest BCUT2D eigenvalue weighted by atomic mass is 9.72. The number of piperidine rings is 1. The molecule has 3 rings (SSSR count). The largest absolute Gasteiger partial charge is 0.481 e. The van der Waals surface area contributed by atoms with Crippen LogP contribution in [0.25, 0.3) is 0 Å². The highest BCUT2D eigenvalue weighted by molar-refractivity contribution is 7.89. The Morgan fingerprint density at radius 2 is 1.66 bits per heavy atom. The van der Waals surface area contributed by atoms with Crippen molar-refractivity contribution in [1.82, 2.24) is 9.62 Å². The molecule has 1 aliphatic heterocycles. The van der Waals surface area contributed by atoms with Crippen molar-refractivity contribution in [2.75, 3.05) is 13.1 Å². The van der Waals surface area contributed by atoms with Crippen molar-refractivity contribution >= 4 is 45.1 Å². The standard InChI is InChI=1S/C22H24Cl2N2O5S/c1-15(11-20(27)28)25-21(29)22(16-5-3-2-4-6-16)7-9-26(10-8-22)32(30,31)19-13-17(23)12-18(24)14-19/h2-6,12-15H,7-11H2,1H3,(H,25,29)(H,27,28). The number of rotatable bonds is 7. The fraction of sp³-hybridized carbons (Fsp3) is 0.364. The molecule has 2 aromatic carbocycles. The van der Waals surface area contributed by atoms with E-state index in [0.717, 1.165) is 5.56 Å². The van der Waals surface area contributed by atoms with Crippen LogP contribution >= 0.6 is 23.2 Å². The molecule has 1 heterocycles. The highest BCUT2D eigenvalue weighted by Crippen LogP contribution is 2.38. The number of halogens is 2. The average Bonchev–Trinajstić information content (AvgIpc) is 2.73. The van der Waals surface area contributed by atoms with Crippen molar-refractivity contribution in [1.29, 1.82) is 0 Å². The van der Waals surface area contributed by atoms with Crippen molar-refractivity contribution in [3.63, 3.8) is 0 Å². The summed E-state index contributed by atoms with van der Waals surface area (Å²) in [6.45, 7) is 1.86. The molecule has 0 saturated carbocycles. The lowest BCUT2D eigenvalue weighted by Crippen LogP contribution is -2.54. The van der Waals surface area contributed by atoms with Gasteiger partial charge in [-0.05, 0) is 43.5 Å². The van der Waals surface area contributed by atoms with Gasteiger partial charge in [0.15, 0.2) is 0 Å². The minimum Gasteiger partial charge on any atom is -0.481 e. The molecule has 2 aromatic rings. The van der Waals surface area contributed by atoms with Gasteiger partial charge in [-0.3, -0.25) is 9.59 Å². The third kappa shape index (κ3) is 5.26. The van der Waals surface area contributed by atoms with Crippen LogP contribution in [0.1, 0.15) is 31.7 Å². The van der Waals surface area contributed by atoms with Crippen molar-refractivity contribution in [3.8, 4) is 0 Å². The van der Waals surface area contributed by atoms with Gasteiger partial charge in [0.05, 0.1) is 16.7 Å². The number of amides is 1. The molecule has 1 atom stereocenters. The Hall–Kier alpha value is -2.13. The lowest BCUT2D eigenvalue weighted by Gasteiger charge is -2.41. The molecule has 1 aliphatic rings. The fourth-order valence-electron chi connectivity index (χ4n) is 4.01. The van der Waals surface area contributed by atoms with Crippen LogP contribution in [0.2, 0.25) is 10.0 Å². The number of aliphatic carboxylic acids is 1. The van der Waals surface area contributed by atoms with Crippen molar-refractivity contribution in [3.05, 3.63) is 64.1 Å². The van der Waals surface area contributed by atoms with Crippen LogP contribution in [0, 0.1) is 0 Å². The normalized spacial score (nSPS) is 17.5. The first-order valence-corrected chi connectivity index (χ1v) is 12.3. The topological polar surface area (TPSA) is 104 Å². The highest BCUT2D eigenvalue weighted by Gasteiger charge is 2.45. The number of sulfonamides is 1. The Kier molecular flexibility index (Phi) is 7.50. The third-order valence-corrected chi connectivity index (χ3v) is 7.98. The van der Waals surface area contributed by atoms with Gasteiger partial charge in [0, 0.05) is 29.2 Å². The number of benzene rings is 2. The average molecular weight is 499 g/mol. The second-order valence-electron chi connectivity index (χ2n) is 7.93. The van der Waals surface area contributed by atoms with E-state index >= 15 is 0 Å². The first kappa shape index (κ1) is 24.5. The van der Waals surface area contributed by atoms with Gasteiger partial charge in [-0.2, -0.15) is 4.31 Å². The van der Waals surface area contributed by atoms with Gasteiger partial charge >= 0.3 is 5.97 Å². The van der Waals surface area contributed by atoms with Gasteiger partial charge in [-0.1, -0.05) is 53.5 Å². The third-order valence-electron chi connectivity index (χ3n) is 5.67. The maximum Gasteiger partial charge on any atom is 0.305 e. The second kappa shape index (κ2) is 9.79. The molecule has 0 radical (unpaired) electrons. The second-order valence-corrected chi connectivity index (χ2v) is 10.7. The minimum atomic E-state index is -3.85. The number of carboxylic acids is 1. The molecular formula is C22H24Cl2N2O5S. The molecule has 1 unspecified atom stereocenters. The van der Waals surface area contributed by atoms with Gasteiger partial charge in [-0.15, -0.1) is 0 Å². The number of carbonyl (C=O) groups excluding carboxylic acids is 1. The number of carbonyl (C=O) groups is 2. The maximum atomic E-state index is 13.3. The molecule has 1 amide bonds. The molecule has 1 saturated heterocycles. The van der Waals surface area contributed by atoms with E-state index < -0.39 is 27.4 Å². The number of hydrogen-bond donors (Lipinski definition) is 2. The Labute approximate surface area is 197 Å². The van der Waals surface area contributed by atoms with Gasteiger partial charge in [0.1, 0.15) is 0 Å².